The van der Waals surface area contributed by atoms with Gasteiger partial charge in [0.1, 0.15) is 18.2 Å². The van der Waals surface area contributed by atoms with Gasteiger partial charge in [0.05, 0.1) is 11.5 Å². The number of sulfonamides is 1. The molecule has 1 aliphatic rings. The van der Waals surface area contributed by atoms with Crippen LogP contribution in [0.4, 0.5) is 5.82 Å². The van der Waals surface area contributed by atoms with Gasteiger partial charge in [-0.15, -0.1) is 0 Å². The molecule has 1 aromatic carbocycles. The van der Waals surface area contributed by atoms with Crippen molar-refractivity contribution in [2.45, 2.75) is 31.2 Å². The second kappa shape index (κ2) is 9.86. The molecule has 1 saturated heterocycles. The van der Waals surface area contributed by atoms with Crippen LogP contribution in [0.5, 0.6) is 5.75 Å². The Hall–Kier alpha value is -2.16. The van der Waals surface area contributed by atoms with Crippen molar-refractivity contribution in [1.29, 1.82) is 0 Å². The summed E-state index contributed by atoms with van der Waals surface area (Å²) in [5, 5.41) is 0. The summed E-state index contributed by atoms with van der Waals surface area (Å²) in [6, 6.07) is 10.2. The van der Waals surface area contributed by atoms with Crippen LogP contribution >= 0.6 is 0 Å². The fourth-order valence-corrected chi connectivity index (χ4v) is 4.05. The summed E-state index contributed by atoms with van der Waals surface area (Å²) in [4.78, 5) is 6.83. The first-order valence-corrected chi connectivity index (χ1v) is 11.1. The average molecular weight is 406 g/mol. The van der Waals surface area contributed by atoms with E-state index >= 15 is 0 Å². The number of nitrogens with zero attached hydrogens (tertiary/aromatic N) is 2. The monoisotopic (exact) mass is 405 g/mol. The highest BCUT2D eigenvalue weighted by Gasteiger charge is 2.16. The van der Waals surface area contributed by atoms with Gasteiger partial charge in [-0.2, -0.15) is 0 Å². The Kier molecular flexibility index (Phi) is 7.24. The number of anilines is 1. The maximum absolute atomic E-state index is 12.6. The molecule has 8 heteroatoms. The minimum absolute atomic E-state index is 0.207. The van der Waals surface area contributed by atoms with E-state index in [4.69, 9.17) is 9.47 Å². The Bertz CT molecular complexity index is 850. The quantitative estimate of drug-likeness (QED) is 0.612. The lowest BCUT2D eigenvalue weighted by Crippen LogP contribution is -2.24. The second-order valence-corrected chi connectivity index (χ2v) is 8.32. The predicted molar refractivity (Wildman–Crippen MR) is 108 cm³/mol. The Morgan fingerprint density at radius 2 is 1.86 bits per heavy atom. The van der Waals surface area contributed by atoms with Crippen LogP contribution in [0, 0.1) is 0 Å². The molecule has 1 aliphatic heterocycles. The zero-order valence-corrected chi connectivity index (χ0v) is 17.0. The summed E-state index contributed by atoms with van der Waals surface area (Å²) in [5.74, 6) is 1.52. The van der Waals surface area contributed by atoms with Gasteiger partial charge < -0.3 is 14.4 Å². The summed E-state index contributed by atoms with van der Waals surface area (Å²) < 4.78 is 38.5. The molecule has 2 heterocycles. The zero-order chi connectivity index (χ0) is 19.8. The van der Waals surface area contributed by atoms with Crippen LogP contribution in [-0.2, 0) is 21.3 Å². The first-order valence-electron chi connectivity index (χ1n) is 9.58. The van der Waals surface area contributed by atoms with Gasteiger partial charge in [0.25, 0.3) is 0 Å². The minimum Gasteiger partial charge on any atom is -0.491 e. The molecule has 3 rings (SSSR count). The third-order valence-corrected chi connectivity index (χ3v) is 5.96. The number of nitrogens with one attached hydrogen (secondary N) is 1. The standard InChI is InChI=1S/C20H27N3O4S/c1-2-26-13-14-27-18-5-7-19(8-6-18)28(24,25)22-16-17-9-10-21-20(15-17)23-11-3-4-12-23/h5-10,15,22H,2-4,11-14,16H2,1H3. The van der Waals surface area contributed by atoms with Crippen LogP contribution < -0.4 is 14.4 Å². The molecule has 1 N–H and O–H groups in total. The van der Waals surface area contributed by atoms with Crippen LogP contribution in [0.25, 0.3) is 0 Å². The molecule has 2 aromatic rings. The Morgan fingerprint density at radius 3 is 2.57 bits per heavy atom. The van der Waals surface area contributed by atoms with Crippen molar-refractivity contribution in [3.8, 4) is 5.75 Å². The van der Waals surface area contributed by atoms with Crippen molar-refractivity contribution in [2.24, 2.45) is 0 Å². The maximum atomic E-state index is 12.6. The van der Waals surface area contributed by atoms with Gasteiger partial charge in [0.15, 0.2) is 0 Å². The van der Waals surface area contributed by atoms with E-state index < -0.39 is 10.0 Å². The van der Waals surface area contributed by atoms with Gasteiger partial charge in [-0.05, 0) is 61.7 Å². The summed E-state index contributed by atoms with van der Waals surface area (Å²) in [7, 11) is -3.60. The van der Waals surface area contributed by atoms with Gasteiger partial charge in [0.2, 0.25) is 10.0 Å². The summed E-state index contributed by atoms with van der Waals surface area (Å²) in [6.07, 6.45) is 4.07. The molecular weight excluding hydrogens is 378 g/mol. The molecule has 0 aliphatic carbocycles. The third kappa shape index (κ3) is 5.67. The lowest BCUT2D eigenvalue weighted by Gasteiger charge is -2.17. The van der Waals surface area contributed by atoms with E-state index in [-0.39, 0.29) is 11.4 Å². The highest BCUT2D eigenvalue weighted by Crippen LogP contribution is 2.19. The fourth-order valence-electron chi connectivity index (χ4n) is 3.03. The highest BCUT2D eigenvalue weighted by atomic mass is 32.2. The molecule has 0 radical (unpaired) electrons. The number of benzene rings is 1. The summed E-state index contributed by atoms with van der Waals surface area (Å²) in [5.41, 5.74) is 0.886. The predicted octanol–water partition coefficient (Wildman–Crippen LogP) is 2.58. The molecule has 0 unspecified atom stereocenters. The fraction of sp³-hybridized carbons (Fsp3) is 0.450. The number of rotatable bonds is 10. The van der Waals surface area contributed by atoms with E-state index in [1.807, 2.05) is 19.1 Å². The Balaban J connectivity index is 1.57. The first-order chi connectivity index (χ1) is 13.6. The van der Waals surface area contributed by atoms with Crippen LogP contribution in [-0.4, -0.2) is 46.3 Å². The van der Waals surface area contributed by atoms with E-state index in [9.17, 15) is 8.42 Å². The molecule has 28 heavy (non-hydrogen) atoms. The van der Waals surface area contributed by atoms with Crippen LogP contribution in [0.15, 0.2) is 47.5 Å². The Morgan fingerprint density at radius 1 is 1.11 bits per heavy atom. The van der Waals surface area contributed by atoms with E-state index in [1.54, 1.807) is 30.5 Å². The van der Waals surface area contributed by atoms with Gasteiger partial charge in [0, 0.05) is 32.4 Å². The molecule has 7 nitrogen and oxygen atoms in total. The van der Waals surface area contributed by atoms with Crippen molar-refractivity contribution in [3.63, 3.8) is 0 Å². The topological polar surface area (TPSA) is 80.8 Å². The molecule has 0 bridgehead atoms. The number of hydrogen-bond acceptors (Lipinski definition) is 6. The van der Waals surface area contributed by atoms with Gasteiger partial charge in [-0.25, -0.2) is 18.1 Å². The van der Waals surface area contributed by atoms with E-state index in [0.29, 0.717) is 25.6 Å². The summed E-state index contributed by atoms with van der Waals surface area (Å²) >= 11 is 0. The lowest BCUT2D eigenvalue weighted by atomic mass is 10.2. The van der Waals surface area contributed by atoms with Crippen molar-refractivity contribution >= 4 is 15.8 Å². The molecule has 0 saturated carbocycles. The van der Waals surface area contributed by atoms with Crippen LogP contribution in [0.3, 0.4) is 0 Å². The van der Waals surface area contributed by atoms with Gasteiger partial charge >= 0.3 is 0 Å². The second-order valence-electron chi connectivity index (χ2n) is 6.56. The number of pyridine rings is 1. The summed E-state index contributed by atoms with van der Waals surface area (Å²) in [6.45, 7) is 5.72. The highest BCUT2D eigenvalue weighted by molar-refractivity contribution is 7.89. The third-order valence-electron chi connectivity index (χ3n) is 4.54. The van der Waals surface area contributed by atoms with Gasteiger partial charge in [-0.1, -0.05) is 0 Å². The largest absolute Gasteiger partial charge is 0.491 e. The number of ether oxygens (including phenoxy) is 2. The minimum atomic E-state index is -3.60. The molecule has 1 fully saturated rings. The van der Waals surface area contributed by atoms with Crippen molar-refractivity contribution in [3.05, 3.63) is 48.2 Å². The normalized spacial score (nSPS) is 14.4. The van der Waals surface area contributed by atoms with Gasteiger partial charge in [-0.3, -0.25) is 0 Å². The van der Waals surface area contributed by atoms with Crippen molar-refractivity contribution in [1.82, 2.24) is 9.71 Å². The average Bonchev–Trinajstić information content (AvgIpc) is 3.25. The van der Waals surface area contributed by atoms with Crippen LogP contribution in [0.2, 0.25) is 0 Å². The van der Waals surface area contributed by atoms with Crippen LogP contribution in [0.1, 0.15) is 25.3 Å². The van der Waals surface area contributed by atoms with E-state index in [0.717, 1.165) is 24.5 Å². The molecule has 152 valence electrons. The van der Waals surface area contributed by atoms with Crippen molar-refractivity contribution in [2.75, 3.05) is 37.8 Å². The van der Waals surface area contributed by atoms with Crippen molar-refractivity contribution < 1.29 is 17.9 Å². The first kappa shape index (κ1) is 20.6. The molecule has 1 aromatic heterocycles. The number of hydrogen-bond donors (Lipinski definition) is 1. The zero-order valence-electron chi connectivity index (χ0n) is 16.1. The molecular formula is C20H27N3O4S. The SMILES string of the molecule is CCOCCOc1ccc(S(=O)(=O)NCc2ccnc(N3CCCC3)c2)cc1. The number of aromatic nitrogens is 1. The Labute approximate surface area is 166 Å². The van der Waals surface area contributed by atoms with E-state index in [2.05, 4.69) is 14.6 Å². The smallest absolute Gasteiger partial charge is 0.240 e. The molecule has 0 spiro atoms. The molecule has 0 atom stereocenters. The van der Waals surface area contributed by atoms with E-state index in [1.165, 1.54) is 12.8 Å². The maximum Gasteiger partial charge on any atom is 0.240 e. The lowest BCUT2D eigenvalue weighted by molar-refractivity contribution is 0.110. The molecule has 0 amide bonds.